The Kier molecular flexibility index (Phi) is 6.81. The first-order valence-electron chi connectivity index (χ1n) is 7.73. The van der Waals surface area contributed by atoms with Crippen LogP contribution in [0.1, 0.15) is 17.3 Å². The van der Waals surface area contributed by atoms with Crippen molar-refractivity contribution in [2.45, 2.75) is 13.5 Å². The summed E-state index contributed by atoms with van der Waals surface area (Å²) in [6.07, 6.45) is 0. The van der Waals surface area contributed by atoms with E-state index in [4.69, 9.17) is 4.74 Å². The molecule has 2 N–H and O–H groups in total. The molecule has 9 heteroatoms. The molecule has 7 nitrogen and oxygen atoms in total. The summed E-state index contributed by atoms with van der Waals surface area (Å²) >= 11 is 0. The van der Waals surface area contributed by atoms with Crippen LogP contribution in [0.4, 0.5) is 20.2 Å². The molecular formula is C18H16F2N2O5. The van der Waals surface area contributed by atoms with E-state index in [-0.39, 0.29) is 17.2 Å². The summed E-state index contributed by atoms with van der Waals surface area (Å²) in [6, 6.07) is 11.2. The lowest BCUT2D eigenvalue weighted by atomic mass is 10.2. The minimum Gasteiger partial charge on any atom is -0.452 e. The van der Waals surface area contributed by atoms with Crippen molar-refractivity contribution in [2.24, 2.45) is 0 Å². The predicted octanol–water partition coefficient (Wildman–Crippen LogP) is 3.04. The van der Waals surface area contributed by atoms with E-state index in [1.165, 1.54) is 31.2 Å². The highest BCUT2D eigenvalue weighted by atomic mass is 19.3. The Morgan fingerprint density at radius 1 is 0.926 bits per heavy atom. The average molecular weight is 378 g/mol. The summed E-state index contributed by atoms with van der Waals surface area (Å²) in [7, 11) is 0. The van der Waals surface area contributed by atoms with Crippen LogP contribution in [0, 0.1) is 0 Å². The van der Waals surface area contributed by atoms with Gasteiger partial charge in [-0.2, -0.15) is 8.78 Å². The van der Waals surface area contributed by atoms with Crippen LogP contribution < -0.4 is 15.4 Å². The van der Waals surface area contributed by atoms with Gasteiger partial charge in [-0.25, -0.2) is 4.79 Å². The number of rotatable bonds is 7. The molecule has 0 aliphatic heterocycles. The molecule has 0 atom stereocenters. The second kappa shape index (κ2) is 9.27. The molecule has 0 saturated carbocycles. The first-order valence-corrected chi connectivity index (χ1v) is 7.73. The maximum Gasteiger partial charge on any atom is 0.387 e. The minimum absolute atomic E-state index is 0.0871. The van der Waals surface area contributed by atoms with Gasteiger partial charge in [-0.1, -0.05) is 0 Å². The second-order valence-electron chi connectivity index (χ2n) is 5.29. The lowest BCUT2D eigenvalue weighted by molar-refractivity contribution is -0.119. The Labute approximate surface area is 153 Å². The summed E-state index contributed by atoms with van der Waals surface area (Å²) in [4.78, 5) is 34.6. The topological polar surface area (TPSA) is 93.7 Å². The maximum absolute atomic E-state index is 12.1. The monoisotopic (exact) mass is 378 g/mol. The number of halogens is 2. The molecule has 0 heterocycles. The quantitative estimate of drug-likeness (QED) is 0.723. The third-order valence-corrected chi connectivity index (χ3v) is 3.14. The van der Waals surface area contributed by atoms with Crippen molar-refractivity contribution in [1.29, 1.82) is 0 Å². The lowest BCUT2D eigenvalue weighted by Crippen LogP contribution is -2.21. The van der Waals surface area contributed by atoms with E-state index in [9.17, 15) is 23.2 Å². The normalized spacial score (nSPS) is 10.2. The highest BCUT2D eigenvalue weighted by molar-refractivity contribution is 5.96. The number of nitrogens with one attached hydrogen (secondary N) is 2. The number of hydrogen-bond donors (Lipinski definition) is 2. The molecule has 0 aliphatic rings. The number of carbonyl (C=O) groups is 3. The summed E-state index contributed by atoms with van der Waals surface area (Å²) in [5.41, 5.74) is 1.12. The third kappa shape index (κ3) is 6.73. The molecule has 0 spiro atoms. The third-order valence-electron chi connectivity index (χ3n) is 3.14. The van der Waals surface area contributed by atoms with E-state index in [1.54, 1.807) is 24.3 Å². The summed E-state index contributed by atoms with van der Waals surface area (Å²) in [6.45, 7) is -2.11. The molecular weight excluding hydrogens is 362 g/mol. The van der Waals surface area contributed by atoms with Crippen LogP contribution in [-0.2, 0) is 14.3 Å². The fourth-order valence-electron chi connectivity index (χ4n) is 2.02. The van der Waals surface area contributed by atoms with Crippen LogP contribution in [-0.4, -0.2) is 31.0 Å². The first kappa shape index (κ1) is 19.8. The van der Waals surface area contributed by atoms with Crippen LogP contribution in [0.2, 0.25) is 0 Å². The molecule has 0 unspecified atom stereocenters. The van der Waals surface area contributed by atoms with Crippen LogP contribution >= 0.6 is 0 Å². The Hall–Kier alpha value is -3.49. The minimum atomic E-state index is -2.96. The van der Waals surface area contributed by atoms with Gasteiger partial charge in [-0.3, -0.25) is 9.59 Å². The highest BCUT2D eigenvalue weighted by Gasteiger charge is 2.12. The number of benzene rings is 2. The summed E-state index contributed by atoms with van der Waals surface area (Å²) in [5, 5.41) is 5.11. The molecule has 27 heavy (non-hydrogen) atoms. The van der Waals surface area contributed by atoms with Gasteiger partial charge >= 0.3 is 12.6 Å². The van der Waals surface area contributed by atoms with E-state index in [1.807, 2.05) is 0 Å². The molecule has 0 saturated heterocycles. The van der Waals surface area contributed by atoms with Gasteiger partial charge in [0.1, 0.15) is 5.75 Å². The van der Waals surface area contributed by atoms with Crippen LogP contribution in [0.5, 0.6) is 5.75 Å². The number of hydrogen-bond acceptors (Lipinski definition) is 5. The zero-order chi connectivity index (χ0) is 19.8. The standard InChI is InChI=1S/C18H16F2N2O5/c1-11(23)21-13-4-6-14(7-5-13)22-16(24)10-26-17(25)12-2-8-15(9-3-12)27-18(19)20/h2-9,18H,10H2,1H3,(H,21,23)(H,22,24). The molecule has 0 aliphatic carbocycles. The van der Waals surface area contributed by atoms with Gasteiger partial charge in [0.15, 0.2) is 6.61 Å². The van der Waals surface area contributed by atoms with Gasteiger partial charge in [-0.15, -0.1) is 0 Å². The average Bonchev–Trinajstić information content (AvgIpc) is 2.61. The Morgan fingerprint density at radius 2 is 1.48 bits per heavy atom. The van der Waals surface area contributed by atoms with Crippen LogP contribution in [0.15, 0.2) is 48.5 Å². The molecule has 2 amide bonds. The van der Waals surface area contributed by atoms with E-state index in [2.05, 4.69) is 15.4 Å². The molecule has 0 fully saturated rings. The lowest BCUT2D eigenvalue weighted by Gasteiger charge is -2.08. The van der Waals surface area contributed by atoms with Gasteiger partial charge < -0.3 is 20.1 Å². The van der Waals surface area contributed by atoms with Gasteiger partial charge in [0.05, 0.1) is 5.56 Å². The van der Waals surface area contributed by atoms with Crippen molar-refractivity contribution in [1.82, 2.24) is 0 Å². The van der Waals surface area contributed by atoms with Gasteiger partial charge in [0.2, 0.25) is 5.91 Å². The maximum atomic E-state index is 12.1. The Morgan fingerprint density at radius 3 is 2.00 bits per heavy atom. The predicted molar refractivity (Wildman–Crippen MR) is 92.7 cm³/mol. The molecule has 2 aromatic rings. The molecule has 2 rings (SSSR count). The SMILES string of the molecule is CC(=O)Nc1ccc(NC(=O)COC(=O)c2ccc(OC(F)F)cc2)cc1. The molecule has 2 aromatic carbocycles. The highest BCUT2D eigenvalue weighted by Crippen LogP contribution is 2.16. The Bertz CT molecular complexity index is 808. The number of esters is 1. The van der Waals surface area contributed by atoms with Gasteiger partial charge in [0.25, 0.3) is 5.91 Å². The number of amides is 2. The van der Waals surface area contributed by atoms with Gasteiger partial charge in [0, 0.05) is 18.3 Å². The zero-order valence-corrected chi connectivity index (χ0v) is 14.2. The number of anilines is 2. The molecule has 0 radical (unpaired) electrons. The number of alkyl halides is 2. The summed E-state index contributed by atoms with van der Waals surface area (Å²) < 4.78 is 33.2. The number of carbonyl (C=O) groups excluding carboxylic acids is 3. The summed E-state index contributed by atoms with van der Waals surface area (Å²) in [5.74, 6) is -1.66. The van der Waals surface area contributed by atoms with Crippen molar-refractivity contribution in [2.75, 3.05) is 17.2 Å². The fourth-order valence-corrected chi connectivity index (χ4v) is 2.02. The van der Waals surface area contributed by atoms with Crippen molar-refractivity contribution in [3.8, 4) is 5.75 Å². The van der Waals surface area contributed by atoms with Crippen molar-refractivity contribution < 1.29 is 32.6 Å². The largest absolute Gasteiger partial charge is 0.452 e. The van der Waals surface area contributed by atoms with Crippen molar-refractivity contribution >= 4 is 29.2 Å². The van der Waals surface area contributed by atoms with Crippen LogP contribution in [0.3, 0.4) is 0 Å². The van der Waals surface area contributed by atoms with Crippen molar-refractivity contribution in [3.63, 3.8) is 0 Å². The number of ether oxygens (including phenoxy) is 2. The van der Waals surface area contributed by atoms with Crippen LogP contribution in [0.25, 0.3) is 0 Å². The molecule has 0 aromatic heterocycles. The molecule has 0 bridgehead atoms. The van der Waals surface area contributed by atoms with Crippen molar-refractivity contribution in [3.05, 3.63) is 54.1 Å². The smallest absolute Gasteiger partial charge is 0.387 e. The second-order valence-corrected chi connectivity index (χ2v) is 5.29. The molecule has 142 valence electrons. The zero-order valence-electron chi connectivity index (χ0n) is 14.2. The van der Waals surface area contributed by atoms with Gasteiger partial charge in [-0.05, 0) is 48.5 Å². The van der Waals surface area contributed by atoms with E-state index in [0.717, 1.165) is 0 Å². The Balaban J connectivity index is 1.82. The van der Waals surface area contributed by atoms with E-state index >= 15 is 0 Å². The fraction of sp³-hybridized carbons (Fsp3) is 0.167. The van der Waals surface area contributed by atoms with E-state index in [0.29, 0.717) is 11.4 Å². The van der Waals surface area contributed by atoms with E-state index < -0.39 is 25.1 Å². The first-order chi connectivity index (χ1) is 12.8.